The van der Waals surface area contributed by atoms with Gasteiger partial charge in [-0.3, -0.25) is 0 Å². The van der Waals surface area contributed by atoms with E-state index in [-0.39, 0.29) is 0 Å². The lowest BCUT2D eigenvalue weighted by molar-refractivity contribution is 0.622. The van der Waals surface area contributed by atoms with Crippen LogP contribution in [0.2, 0.25) is 0 Å². The molecule has 0 radical (unpaired) electrons. The molecule has 0 amide bonds. The molecule has 0 fully saturated rings. The van der Waals surface area contributed by atoms with Gasteiger partial charge < -0.3 is 10.3 Å². The summed E-state index contributed by atoms with van der Waals surface area (Å²) in [6, 6.07) is 19.5. The maximum absolute atomic E-state index is 3.55. The number of hydrogen-bond donors (Lipinski definition) is 2. The van der Waals surface area contributed by atoms with Gasteiger partial charge in [0, 0.05) is 11.7 Å². The molecule has 0 aliphatic rings. The average molecular weight is 292 g/mol. The summed E-state index contributed by atoms with van der Waals surface area (Å²) >= 11 is 0. The van der Waals surface area contributed by atoms with Gasteiger partial charge in [-0.15, -0.1) is 0 Å². The fraction of sp³-hybridized carbons (Fsp3) is 0.300. The zero-order valence-electron chi connectivity index (χ0n) is 13.0. The van der Waals surface area contributed by atoms with Gasteiger partial charge >= 0.3 is 0 Å². The Bertz CT molecular complexity index is 685. The first-order valence-electron chi connectivity index (χ1n) is 8.22. The molecule has 1 heterocycles. The Morgan fingerprint density at radius 2 is 1.68 bits per heavy atom. The molecule has 2 N–H and O–H groups in total. The van der Waals surface area contributed by atoms with Gasteiger partial charge in [-0.25, -0.2) is 0 Å². The number of H-pyrrole nitrogens is 1. The number of fused-ring (bicyclic) bond motifs is 1. The van der Waals surface area contributed by atoms with Crippen molar-refractivity contribution >= 4 is 10.9 Å². The highest BCUT2D eigenvalue weighted by Crippen LogP contribution is 2.14. The second-order valence-electron chi connectivity index (χ2n) is 5.84. The van der Waals surface area contributed by atoms with Gasteiger partial charge in [0.15, 0.2) is 0 Å². The topological polar surface area (TPSA) is 27.8 Å². The van der Waals surface area contributed by atoms with E-state index < -0.39 is 0 Å². The van der Waals surface area contributed by atoms with Crippen LogP contribution in [0.4, 0.5) is 0 Å². The Morgan fingerprint density at radius 3 is 2.59 bits per heavy atom. The molecule has 0 saturated heterocycles. The van der Waals surface area contributed by atoms with E-state index in [9.17, 15) is 0 Å². The van der Waals surface area contributed by atoms with Crippen LogP contribution in [0, 0.1) is 0 Å². The van der Waals surface area contributed by atoms with Crippen LogP contribution in [-0.2, 0) is 12.8 Å². The Kier molecular flexibility index (Phi) is 5.27. The van der Waals surface area contributed by atoms with Gasteiger partial charge in [0.25, 0.3) is 0 Å². The summed E-state index contributed by atoms with van der Waals surface area (Å²) in [6.07, 6.45) is 6.77. The van der Waals surface area contributed by atoms with Crippen molar-refractivity contribution in [1.82, 2.24) is 10.3 Å². The van der Waals surface area contributed by atoms with E-state index >= 15 is 0 Å². The smallest absolute Gasteiger partial charge is 0.0456 e. The van der Waals surface area contributed by atoms with Gasteiger partial charge in [-0.1, -0.05) is 42.5 Å². The Labute approximate surface area is 132 Å². The van der Waals surface area contributed by atoms with Crippen LogP contribution in [-0.4, -0.2) is 18.1 Å². The normalized spacial score (nSPS) is 11.1. The summed E-state index contributed by atoms with van der Waals surface area (Å²) in [5.41, 5.74) is 4.08. The minimum atomic E-state index is 1.05. The molecule has 0 aliphatic carbocycles. The lowest BCUT2D eigenvalue weighted by Crippen LogP contribution is -2.18. The Hall–Kier alpha value is -2.06. The molecule has 3 aromatic rings. The summed E-state index contributed by atoms with van der Waals surface area (Å²) in [5, 5.41) is 4.84. The molecule has 0 unspecified atom stereocenters. The number of aromatic nitrogens is 1. The number of hydrogen-bond acceptors (Lipinski definition) is 1. The molecule has 2 aromatic carbocycles. The third-order valence-corrected chi connectivity index (χ3v) is 4.12. The largest absolute Gasteiger partial charge is 0.361 e. The number of aromatic amines is 1. The van der Waals surface area contributed by atoms with Crippen molar-refractivity contribution in [3.63, 3.8) is 0 Å². The van der Waals surface area contributed by atoms with Crippen molar-refractivity contribution in [3.8, 4) is 0 Å². The quantitative estimate of drug-likeness (QED) is 0.594. The maximum atomic E-state index is 3.55. The molecule has 0 aliphatic heterocycles. The third-order valence-electron chi connectivity index (χ3n) is 4.12. The fourth-order valence-electron chi connectivity index (χ4n) is 2.83. The van der Waals surface area contributed by atoms with Gasteiger partial charge in [-0.2, -0.15) is 0 Å². The highest BCUT2D eigenvalue weighted by atomic mass is 14.8. The molecule has 0 bridgehead atoms. The SMILES string of the molecule is c1ccc(CCCCNCCc2ccc3cc[nH]c3c2)cc1. The van der Waals surface area contributed by atoms with Crippen molar-refractivity contribution < 1.29 is 0 Å². The molecule has 0 saturated carbocycles. The molecule has 1 aromatic heterocycles. The van der Waals surface area contributed by atoms with Crippen molar-refractivity contribution in [1.29, 1.82) is 0 Å². The van der Waals surface area contributed by atoms with Crippen molar-refractivity contribution in [2.75, 3.05) is 13.1 Å². The summed E-state index contributed by atoms with van der Waals surface area (Å²) in [5.74, 6) is 0. The second kappa shape index (κ2) is 7.81. The fourth-order valence-corrected chi connectivity index (χ4v) is 2.83. The van der Waals surface area contributed by atoms with Crippen LogP contribution in [0.3, 0.4) is 0 Å². The monoisotopic (exact) mass is 292 g/mol. The van der Waals surface area contributed by atoms with E-state index in [1.165, 1.54) is 41.3 Å². The molecule has 2 nitrogen and oxygen atoms in total. The first kappa shape index (κ1) is 14.9. The van der Waals surface area contributed by atoms with Gasteiger partial charge in [0.1, 0.15) is 0 Å². The van der Waals surface area contributed by atoms with Gasteiger partial charge in [-0.05, 0) is 67.4 Å². The van der Waals surface area contributed by atoms with Crippen molar-refractivity contribution in [2.24, 2.45) is 0 Å². The Morgan fingerprint density at radius 1 is 0.773 bits per heavy atom. The van der Waals surface area contributed by atoms with Crippen molar-refractivity contribution in [2.45, 2.75) is 25.7 Å². The van der Waals surface area contributed by atoms with Crippen LogP contribution in [0.5, 0.6) is 0 Å². The minimum Gasteiger partial charge on any atom is -0.361 e. The van der Waals surface area contributed by atoms with E-state index in [1.54, 1.807) is 0 Å². The van der Waals surface area contributed by atoms with E-state index in [0.717, 1.165) is 19.5 Å². The molecule has 0 atom stereocenters. The van der Waals surface area contributed by atoms with E-state index in [0.29, 0.717) is 0 Å². The maximum Gasteiger partial charge on any atom is 0.0456 e. The molecule has 2 heteroatoms. The zero-order chi connectivity index (χ0) is 15.0. The molecule has 0 spiro atoms. The lowest BCUT2D eigenvalue weighted by Gasteiger charge is -2.06. The number of aryl methyl sites for hydroxylation is 1. The number of unbranched alkanes of at least 4 members (excludes halogenated alkanes) is 1. The molecule has 3 rings (SSSR count). The summed E-state index contributed by atoms with van der Waals surface area (Å²) < 4.78 is 0. The number of benzene rings is 2. The first-order chi connectivity index (χ1) is 10.9. The van der Waals surface area contributed by atoms with E-state index in [1.807, 2.05) is 6.20 Å². The lowest BCUT2D eigenvalue weighted by atomic mass is 10.1. The summed E-state index contributed by atoms with van der Waals surface area (Å²) in [6.45, 7) is 2.16. The average Bonchev–Trinajstić information content (AvgIpc) is 3.02. The van der Waals surface area contributed by atoms with Gasteiger partial charge in [0.05, 0.1) is 0 Å². The number of nitrogens with one attached hydrogen (secondary N) is 2. The van der Waals surface area contributed by atoms with Crippen LogP contribution >= 0.6 is 0 Å². The number of rotatable bonds is 8. The van der Waals surface area contributed by atoms with Crippen LogP contribution in [0.1, 0.15) is 24.0 Å². The summed E-state index contributed by atoms with van der Waals surface area (Å²) in [4.78, 5) is 3.27. The molecular formula is C20H24N2. The van der Waals surface area contributed by atoms with Gasteiger partial charge in [0.2, 0.25) is 0 Å². The molecule has 22 heavy (non-hydrogen) atoms. The zero-order valence-corrected chi connectivity index (χ0v) is 13.0. The predicted molar refractivity (Wildman–Crippen MR) is 94.3 cm³/mol. The van der Waals surface area contributed by atoms with E-state index in [2.05, 4.69) is 64.9 Å². The van der Waals surface area contributed by atoms with Crippen molar-refractivity contribution in [3.05, 3.63) is 71.9 Å². The van der Waals surface area contributed by atoms with E-state index in [4.69, 9.17) is 0 Å². The highest BCUT2D eigenvalue weighted by molar-refractivity contribution is 5.79. The first-order valence-corrected chi connectivity index (χ1v) is 8.22. The van der Waals surface area contributed by atoms with Crippen LogP contribution in [0.25, 0.3) is 10.9 Å². The second-order valence-corrected chi connectivity index (χ2v) is 5.84. The Balaban J connectivity index is 1.30. The standard InChI is InChI=1S/C20H24N2/c1-2-6-17(7-3-1)8-4-5-13-21-14-11-18-9-10-19-12-15-22-20(19)16-18/h1-3,6-7,9-10,12,15-16,21-22H,4-5,8,11,13-14H2. The predicted octanol–water partition coefficient (Wildman–Crippen LogP) is 4.32. The van der Waals surface area contributed by atoms with Crippen LogP contribution < -0.4 is 5.32 Å². The minimum absolute atomic E-state index is 1.05. The third kappa shape index (κ3) is 4.22. The highest BCUT2D eigenvalue weighted by Gasteiger charge is 1.98. The van der Waals surface area contributed by atoms with Crippen LogP contribution in [0.15, 0.2) is 60.8 Å². The molecule has 114 valence electrons. The molecular weight excluding hydrogens is 268 g/mol. The summed E-state index contributed by atoms with van der Waals surface area (Å²) in [7, 11) is 0.